The largest absolute Gasteiger partial charge is 0.454 e. The van der Waals surface area contributed by atoms with E-state index in [4.69, 9.17) is 16.3 Å². The molecular weight excluding hydrogens is 418 g/mol. The molecule has 2 rings (SSSR count). The molecule has 2 N–H and O–H groups in total. The van der Waals surface area contributed by atoms with Gasteiger partial charge in [-0.05, 0) is 37.1 Å². The molecule has 1 aromatic heterocycles. The maximum Gasteiger partial charge on any atom is 0.324 e. The van der Waals surface area contributed by atoms with Crippen molar-refractivity contribution in [2.45, 2.75) is 31.7 Å². The third-order valence-electron chi connectivity index (χ3n) is 3.91. The maximum atomic E-state index is 12.6. The first-order chi connectivity index (χ1) is 13.6. The van der Waals surface area contributed by atoms with E-state index in [1.54, 1.807) is 38.1 Å². The molecule has 10 heteroatoms. The van der Waals surface area contributed by atoms with E-state index in [0.29, 0.717) is 0 Å². The second-order valence-electron chi connectivity index (χ2n) is 6.65. The van der Waals surface area contributed by atoms with E-state index >= 15 is 0 Å². The Hall–Kier alpha value is -2.49. The van der Waals surface area contributed by atoms with Crippen LogP contribution in [0.4, 0.5) is 5.69 Å². The lowest BCUT2D eigenvalue weighted by Gasteiger charge is -2.20. The van der Waals surface area contributed by atoms with Crippen molar-refractivity contribution in [3.63, 3.8) is 0 Å². The Kier molecular flexibility index (Phi) is 7.72. The van der Waals surface area contributed by atoms with E-state index < -0.39 is 40.5 Å². The van der Waals surface area contributed by atoms with Gasteiger partial charge in [0, 0.05) is 6.20 Å². The normalized spacial score (nSPS) is 12.4. The van der Waals surface area contributed by atoms with Gasteiger partial charge >= 0.3 is 5.97 Å². The number of aryl methyl sites for hydroxylation is 1. The molecular formula is C19H22ClN3O5S. The van der Waals surface area contributed by atoms with Gasteiger partial charge < -0.3 is 10.1 Å². The Labute approximate surface area is 174 Å². The third kappa shape index (κ3) is 6.52. The van der Waals surface area contributed by atoms with Crippen LogP contribution in [-0.4, -0.2) is 37.9 Å². The minimum absolute atomic E-state index is 0.0329. The molecule has 0 aliphatic heterocycles. The Morgan fingerprint density at radius 2 is 1.83 bits per heavy atom. The number of carbonyl (C=O) groups is 2. The minimum atomic E-state index is -3.94. The molecule has 0 fully saturated rings. The van der Waals surface area contributed by atoms with Gasteiger partial charge in [-0.25, -0.2) is 13.4 Å². The SMILES string of the molecule is Cc1ccc(S(=O)(=O)NC(C(=O)OCC(=O)Nc2cccnc2Cl)C(C)C)cc1. The van der Waals surface area contributed by atoms with Crippen molar-refractivity contribution in [2.24, 2.45) is 5.92 Å². The highest BCUT2D eigenvalue weighted by molar-refractivity contribution is 7.89. The summed E-state index contributed by atoms with van der Waals surface area (Å²) in [6.45, 7) is 4.57. The number of sulfonamides is 1. The summed E-state index contributed by atoms with van der Waals surface area (Å²) in [5.41, 5.74) is 1.18. The standard InChI is InChI=1S/C19H22ClN3O5S/c1-12(2)17(23-29(26,27)14-8-6-13(3)7-9-14)19(25)28-11-16(24)22-15-5-4-10-21-18(15)20/h4-10,12,17,23H,11H2,1-3H3,(H,22,24). The van der Waals surface area contributed by atoms with Gasteiger partial charge in [0.1, 0.15) is 6.04 Å². The van der Waals surface area contributed by atoms with Crippen LogP contribution in [0.25, 0.3) is 0 Å². The molecule has 0 radical (unpaired) electrons. The molecule has 2 aromatic rings. The quantitative estimate of drug-likeness (QED) is 0.482. The zero-order valence-corrected chi connectivity index (χ0v) is 17.8. The first kappa shape index (κ1) is 22.8. The van der Waals surface area contributed by atoms with Crippen LogP contribution in [0.3, 0.4) is 0 Å². The average Bonchev–Trinajstić information content (AvgIpc) is 2.66. The monoisotopic (exact) mass is 439 g/mol. The Morgan fingerprint density at radius 3 is 2.41 bits per heavy atom. The molecule has 0 bridgehead atoms. The fourth-order valence-electron chi connectivity index (χ4n) is 2.30. The number of esters is 1. The average molecular weight is 440 g/mol. The molecule has 1 atom stereocenters. The highest BCUT2D eigenvalue weighted by Gasteiger charge is 2.30. The van der Waals surface area contributed by atoms with Crippen LogP contribution >= 0.6 is 11.6 Å². The summed E-state index contributed by atoms with van der Waals surface area (Å²) in [6.07, 6.45) is 1.46. The molecule has 1 heterocycles. The van der Waals surface area contributed by atoms with Crippen molar-refractivity contribution in [3.8, 4) is 0 Å². The van der Waals surface area contributed by atoms with Gasteiger partial charge in [-0.1, -0.05) is 43.1 Å². The minimum Gasteiger partial charge on any atom is -0.454 e. The van der Waals surface area contributed by atoms with E-state index in [9.17, 15) is 18.0 Å². The van der Waals surface area contributed by atoms with Gasteiger partial charge in [0.2, 0.25) is 10.0 Å². The molecule has 8 nitrogen and oxygen atoms in total. The smallest absolute Gasteiger partial charge is 0.324 e. The summed E-state index contributed by atoms with van der Waals surface area (Å²) in [5, 5.41) is 2.56. The number of hydrogen-bond acceptors (Lipinski definition) is 6. The number of carbonyl (C=O) groups excluding carboxylic acids is 2. The zero-order chi connectivity index (χ0) is 21.6. The van der Waals surface area contributed by atoms with E-state index in [0.717, 1.165) is 5.56 Å². The van der Waals surface area contributed by atoms with Crippen molar-refractivity contribution in [3.05, 3.63) is 53.3 Å². The Bertz CT molecular complexity index is 978. The van der Waals surface area contributed by atoms with E-state index in [1.165, 1.54) is 18.3 Å². The fourth-order valence-corrected chi connectivity index (χ4v) is 3.80. The summed E-state index contributed by atoms with van der Waals surface area (Å²) in [6, 6.07) is 8.19. The number of aromatic nitrogens is 1. The predicted molar refractivity (Wildman–Crippen MR) is 109 cm³/mol. The number of hydrogen-bond donors (Lipinski definition) is 2. The van der Waals surface area contributed by atoms with Crippen LogP contribution in [0.2, 0.25) is 5.15 Å². The van der Waals surface area contributed by atoms with Crippen LogP contribution in [0.5, 0.6) is 0 Å². The van der Waals surface area contributed by atoms with Crippen molar-refractivity contribution in [2.75, 3.05) is 11.9 Å². The molecule has 156 valence electrons. The van der Waals surface area contributed by atoms with E-state index in [1.807, 2.05) is 6.92 Å². The fraction of sp³-hybridized carbons (Fsp3) is 0.316. The second-order valence-corrected chi connectivity index (χ2v) is 8.73. The molecule has 0 aliphatic carbocycles. The summed E-state index contributed by atoms with van der Waals surface area (Å²) in [4.78, 5) is 28.2. The van der Waals surface area contributed by atoms with Gasteiger partial charge in [-0.2, -0.15) is 4.72 Å². The number of amides is 1. The van der Waals surface area contributed by atoms with E-state index in [-0.39, 0.29) is 15.7 Å². The van der Waals surface area contributed by atoms with Crippen molar-refractivity contribution in [1.29, 1.82) is 0 Å². The van der Waals surface area contributed by atoms with Crippen molar-refractivity contribution in [1.82, 2.24) is 9.71 Å². The number of pyridine rings is 1. The number of halogens is 1. The van der Waals surface area contributed by atoms with Crippen LogP contribution in [0.1, 0.15) is 19.4 Å². The van der Waals surface area contributed by atoms with Crippen molar-refractivity contribution >= 4 is 39.2 Å². The van der Waals surface area contributed by atoms with Gasteiger partial charge in [0.05, 0.1) is 10.6 Å². The molecule has 1 aromatic carbocycles. The first-order valence-electron chi connectivity index (χ1n) is 8.76. The lowest BCUT2D eigenvalue weighted by molar-refractivity contribution is -0.150. The number of ether oxygens (including phenoxy) is 1. The van der Waals surface area contributed by atoms with Gasteiger partial charge in [-0.15, -0.1) is 0 Å². The molecule has 1 unspecified atom stereocenters. The summed E-state index contributed by atoms with van der Waals surface area (Å²) in [7, 11) is -3.94. The molecule has 0 aliphatic rings. The number of anilines is 1. The zero-order valence-electron chi connectivity index (χ0n) is 16.2. The molecule has 1 amide bonds. The first-order valence-corrected chi connectivity index (χ1v) is 10.6. The lowest BCUT2D eigenvalue weighted by atomic mass is 10.1. The molecule has 0 saturated carbocycles. The van der Waals surface area contributed by atoms with Crippen LogP contribution in [0, 0.1) is 12.8 Å². The van der Waals surface area contributed by atoms with Crippen LogP contribution < -0.4 is 10.0 Å². The number of rotatable bonds is 8. The summed E-state index contributed by atoms with van der Waals surface area (Å²) >= 11 is 5.85. The Morgan fingerprint density at radius 1 is 1.17 bits per heavy atom. The third-order valence-corrected chi connectivity index (χ3v) is 5.67. The highest BCUT2D eigenvalue weighted by atomic mass is 35.5. The number of nitrogens with one attached hydrogen (secondary N) is 2. The van der Waals surface area contributed by atoms with Gasteiger partial charge in [0.15, 0.2) is 11.8 Å². The predicted octanol–water partition coefficient (Wildman–Crippen LogP) is 2.53. The topological polar surface area (TPSA) is 114 Å². The summed E-state index contributed by atoms with van der Waals surface area (Å²) < 4.78 is 32.5. The van der Waals surface area contributed by atoms with Crippen LogP contribution in [-0.2, 0) is 24.3 Å². The molecule has 29 heavy (non-hydrogen) atoms. The van der Waals surface area contributed by atoms with Crippen molar-refractivity contribution < 1.29 is 22.7 Å². The molecule has 0 spiro atoms. The highest BCUT2D eigenvalue weighted by Crippen LogP contribution is 2.17. The van der Waals surface area contributed by atoms with Gasteiger partial charge in [-0.3, -0.25) is 9.59 Å². The second kappa shape index (κ2) is 9.82. The summed E-state index contributed by atoms with van der Waals surface area (Å²) in [5.74, 6) is -1.89. The lowest BCUT2D eigenvalue weighted by Crippen LogP contribution is -2.45. The van der Waals surface area contributed by atoms with E-state index in [2.05, 4.69) is 15.0 Å². The number of nitrogens with zero attached hydrogens (tertiary/aromatic N) is 1. The molecule has 0 saturated heterocycles. The number of benzene rings is 1. The van der Waals surface area contributed by atoms with Crippen LogP contribution in [0.15, 0.2) is 47.5 Å². The Balaban J connectivity index is 2.01. The maximum absolute atomic E-state index is 12.6. The van der Waals surface area contributed by atoms with Gasteiger partial charge in [0.25, 0.3) is 5.91 Å².